The van der Waals surface area contributed by atoms with Gasteiger partial charge in [-0.1, -0.05) is 69.3 Å². The van der Waals surface area contributed by atoms with Crippen molar-refractivity contribution < 1.29 is 29.3 Å². The highest BCUT2D eigenvalue weighted by molar-refractivity contribution is 5.91. The zero-order valence-electron chi connectivity index (χ0n) is 17.0. The zero-order valence-corrected chi connectivity index (χ0v) is 17.0. The first-order valence-electron chi connectivity index (χ1n) is 9.24. The van der Waals surface area contributed by atoms with Gasteiger partial charge in [0, 0.05) is 5.56 Å². The molecular formula is C24H24O6. The van der Waals surface area contributed by atoms with Crippen LogP contribution in [0, 0.1) is 0 Å². The highest BCUT2D eigenvalue weighted by atomic mass is 16.7. The Labute approximate surface area is 175 Å². The Morgan fingerprint density at radius 3 is 1.60 bits per heavy atom. The fraction of sp³-hybridized carbons (Fsp3) is 0.167. The molecule has 0 aliphatic rings. The van der Waals surface area contributed by atoms with Crippen molar-refractivity contribution in [3.8, 4) is 17.2 Å². The molecule has 0 aromatic heterocycles. The largest absolute Gasteiger partial charge is 0.519 e. The third-order valence-electron chi connectivity index (χ3n) is 3.96. The summed E-state index contributed by atoms with van der Waals surface area (Å²) in [5.41, 5.74) is 0.352. The van der Waals surface area contributed by atoms with Gasteiger partial charge < -0.3 is 19.7 Å². The van der Waals surface area contributed by atoms with Crippen LogP contribution < -0.4 is 9.47 Å². The first kappa shape index (κ1) is 22.5. The van der Waals surface area contributed by atoms with Crippen molar-refractivity contribution in [2.75, 3.05) is 0 Å². The van der Waals surface area contributed by atoms with E-state index < -0.39 is 12.1 Å². The van der Waals surface area contributed by atoms with E-state index in [1.807, 2.05) is 32.9 Å². The topological polar surface area (TPSA) is 93.1 Å². The van der Waals surface area contributed by atoms with E-state index in [0.29, 0.717) is 17.1 Å². The number of para-hydroxylation sites is 3. The number of phenols is 1. The first-order valence-corrected chi connectivity index (χ1v) is 9.24. The lowest BCUT2D eigenvalue weighted by Gasteiger charge is -2.20. The molecule has 3 rings (SSSR count). The minimum absolute atomic E-state index is 0.0441. The molecule has 0 spiro atoms. The highest BCUT2D eigenvalue weighted by Crippen LogP contribution is 2.32. The smallest absolute Gasteiger partial charge is 0.507 e. The summed E-state index contributed by atoms with van der Waals surface area (Å²) in [5.74, 6) is -0.312. The number of aromatic carboxylic acids is 1. The molecule has 0 bridgehead atoms. The second kappa shape index (κ2) is 10.1. The Balaban J connectivity index is 0.000000216. The first-order chi connectivity index (χ1) is 14.2. The average molecular weight is 408 g/mol. The van der Waals surface area contributed by atoms with Crippen molar-refractivity contribution in [2.45, 2.75) is 26.2 Å². The van der Waals surface area contributed by atoms with Gasteiger partial charge in [0.15, 0.2) is 0 Å². The molecule has 0 heterocycles. The van der Waals surface area contributed by atoms with E-state index in [0.717, 1.165) is 0 Å². The predicted octanol–water partition coefficient (Wildman–Crippen LogP) is 5.65. The third-order valence-corrected chi connectivity index (χ3v) is 3.96. The van der Waals surface area contributed by atoms with Crippen LogP contribution in [0.4, 0.5) is 4.79 Å². The van der Waals surface area contributed by atoms with Crippen molar-refractivity contribution in [3.05, 3.63) is 90.0 Å². The number of carboxylic acids is 1. The fourth-order valence-corrected chi connectivity index (χ4v) is 2.51. The lowest BCUT2D eigenvalue weighted by Crippen LogP contribution is -2.13. The van der Waals surface area contributed by atoms with Gasteiger partial charge in [0.25, 0.3) is 0 Å². The van der Waals surface area contributed by atoms with E-state index in [-0.39, 0.29) is 16.7 Å². The number of hydrogen-bond donors (Lipinski definition) is 2. The SMILES string of the molecule is CC(C)(C)c1cccc(C(=O)O)c1O.O=C(Oc1ccccc1)Oc1ccccc1. The molecule has 0 fully saturated rings. The lowest BCUT2D eigenvalue weighted by atomic mass is 9.85. The maximum atomic E-state index is 11.3. The number of benzene rings is 3. The van der Waals surface area contributed by atoms with Gasteiger partial charge in [-0.15, -0.1) is 0 Å². The molecule has 2 N–H and O–H groups in total. The van der Waals surface area contributed by atoms with Crippen molar-refractivity contribution in [3.63, 3.8) is 0 Å². The average Bonchev–Trinajstić information content (AvgIpc) is 2.69. The number of rotatable bonds is 3. The van der Waals surface area contributed by atoms with Crippen molar-refractivity contribution >= 4 is 12.1 Å². The lowest BCUT2D eigenvalue weighted by molar-refractivity contribution is 0.0693. The number of carbonyl (C=O) groups excluding carboxylic acids is 1. The van der Waals surface area contributed by atoms with E-state index in [1.54, 1.807) is 60.7 Å². The summed E-state index contributed by atoms with van der Waals surface area (Å²) in [4.78, 5) is 22.1. The van der Waals surface area contributed by atoms with Gasteiger partial charge in [0.05, 0.1) is 0 Å². The van der Waals surface area contributed by atoms with Crippen LogP contribution in [0.1, 0.15) is 36.7 Å². The van der Waals surface area contributed by atoms with Gasteiger partial charge >= 0.3 is 12.1 Å². The number of aromatic hydroxyl groups is 1. The van der Waals surface area contributed by atoms with E-state index in [2.05, 4.69) is 0 Å². The van der Waals surface area contributed by atoms with Gasteiger partial charge in [-0.25, -0.2) is 9.59 Å². The summed E-state index contributed by atoms with van der Waals surface area (Å²) >= 11 is 0. The second-order valence-electron chi connectivity index (χ2n) is 7.34. The van der Waals surface area contributed by atoms with E-state index in [4.69, 9.17) is 14.6 Å². The zero-order chi connectivity index (χ0) is 22.1. The maximum Gasteiger partial charge on any atom is 0.519 e. The summed E-state index contributed by atoms with van der Waals surface area (Å²) in [7, 11) is 0. The molecule has 0 saturated heterocycles. The molecule has 0 aliphatic heterocycles. The third kappa shape index (κ3) is 6.67. The Morgan fingerprint density at radius 1 is 0.733 bits per heavy atom. The quantitative estimate of drug-likeness (QED) is 0.429. The van der Waals surface area contributed by atoms with Crippen LogP contribution in [-0.4, -0.2) is 22.3 Å². The molecule has 6 nitrogen and oxygen atoms in total. The number of carboxylic acid groups (broad SMARTS) is 1. The summed E-state index contributed by atoms with van der Waals surface area (Å²) in [5, 5.41) is 18.5. The Bertz CT molecular complexity index is 932. The van der Waals surface area contributed by atoms with Crippen LogP contribution in [0.15, 0.2) is 78.9 Å². The highest BCUT2D eigenvalue weighted by Gasteiger charge is 2.21. The molecule has 156 valence electrons. The molecular weight excluding hydrogens is 384 g/mol. The van der Waals surface area contributed by atoms with Crippen molar-refractivity contribution in [1.29, 1.82) is 0 Å². The molecule has 30 heavy (non-hydrogen) atoms. The molecule has 0 radical (unpaired) electrons. The van der Waals surface area contributed by atoms with E-state index in [1.165, 1.54) is 6.07 Å². The van der Waals surface area contributed by atoms with E-state index >= 15 is 0 Å². The molecule has 0 amide bonds. The Kier molecular flexibility index (Phi) is 7.58. The van der Waals surface area contributed by atoms with Crippen LogP contribution >= 0.6 is 0 Å². The van der Waals surface area contributed by atoms with Gasteiger partial charge in [0.1, 0.15) is 22.8 Å². The van der Waals surface area contributed by atoms with Crippen LogP contribution in [0.2, 0.25) is 0 Å². The standard InChI is InChI=1S/C13H10O3.C11H14O3/c14-13(15-11-7-3-1-4-8-11)16-12-9-5-2-6-10-12;1-11(2,3)8-6-4-5-7(9(8)12)10(13)14/h1-10H;4-6,12H,1-3H3,(H,13,14). The van der Waals surface area contributed by atoms with Gasteiger partial charge in [-0.3, -0.25) is 0 Å². The molecule has 6 heteroatoms. The Morgan fingerprint density at radius 2 is 1.20 bits per heavy atom. The van der Waals surface area contributed by atoms with Crippen molar-refractivity contribution in [1.82, 2.24) is 0 Å². The molecule has 3 aromatic carbocycles. The number of carbonyl (C=O) groups is 2. The second-order valence-corrected chi connectivity index (χ2v) is 7.34. The number of ether oxygens (including phenoxy) is 2. The number of hydrogen-bond acceptors (Lipinski definition) is 5. The monoisotopic (exact) mass is 408 g/mol. The molecule has 0 aliphatic carbocycles. The van der Waals surface area contributed by atoms with Crippen LogP contribution in [0.3, 0.4) is 0 Å². The minimum atomic E-state index is -1.10. The van der Waals surface area contributed by atoms with Crippen LogP contribution in [0.5, 0.6) is 17.2 Å². The summed E-state index contributed by atoms with van der Waals surface area (Å²) in [6.07, 6.45) is -0.739. The molecule has 3 aromatic rings. The molecule has 0 unspecified atom stereocenters. The fourth-order valence-electron chi connectivity index (χ4n) is 2.51. The van der Waals surface area contributed by atoms with Crippen LogP contribution in [0.25, 0.3) is 0 Å². The van der Waals surface area contributed by atoms with E-state index in [9.17, 15) is 14.7 Å². The Hall–Kier alpha value is -3.80. The normalized spacial score (nSPS) is 10.4. The molecule has 0 saturated carbocycles. The van der Waals surface area contributed by atoms with Gasteiger partial charge in [-0.05, 0) is 35.7 Å². The molecule has 0 atom stereocenters. The summed E-state index contributed by atoms with van der Waals surface area (Å²) < 4.78 is 9.91. The van der Waals surface area contributed by atoms with Crippen LogP contribution in [-0.2, 0) is 5.41 Å². The predicted molar refractivity (Wildman–Crippen MR) is 113 cm³/mol. The summed E-state index contributed by atoms with van der Waals surface area (Å²) in [6.45, 7) is 5.77. The van der Waals surface area contributed by atoms with Gasteiger partial charge in [-0.2, -0.15) is 0 Å². The summed E-state index contributed by atoms with van der Waals surface area (Å²) in [6, 6.07) is 22.3. The van der Waals surface area contributed by atoms with Gasteiger partial charge in [0.2, 0.25) is 0 Å². The minimum Gasteiger partial charge on any atom is -0.507 e. The maximum absolute atomic E-state index is 11.3. The van der Waals surface area contributed by atoms with Crippen molar-refractivity contribution in [2.24, 2.45) is 0 Å².